The highest BCUT2D eigenvalue weighted by Crippen LogP contribution is 1.89. The molecule has 0 aromatic heterocycles. The van der Waals surface area contributed by atoms with E-state index in [1.165, 1.54) is 0 Å². The number of aliphatic imine (C=N–C) groups is 1. The Morgan fingerprint density at radius 1 is 1.43 bits per heavy atom. The minimum atomic E-state index is -3.15. The maximum absolute atomic E-state index is 11.1. The lowest BCUT2D eigenvalue weighted by molar-refractivity contribution is 0.584. The van der Waals surface area contributed by atoms with E-state index in [1.54, 1.807) is 6.92 Å². The smallest absolute Gasteiger partial charge is 0.213 e. The lowest BCUT2D eigenvalue weighted by Crippen LogP contribution is -2.27. The zero-order chi connectivity index (χ0) is 11.0. The first kappa shape index (κ1) is 13.4. The molecule has 3 N–H and O–H groups in total. The van der Waals surface area contributed by atoms with E-state index in [9.17, 15) is 8.42 Å². The van der Waals surface area contributed by atoms with E-state index in [4.69, 9.17) is 5.73 Å². The number of nitrogens with one attached hydrogen (secondary N) is 1. The fourth-order valence-electron chi connectivity index (χ4n) is 0.937. The summed E-state index contributed by atoms with van der Waals surface area (Å²) >= 11 is 0. The van der Waals surface area contributed by atoms with Crippen LogP contribution < -0.4 is 10.5 Å². The first-order valence-corrected chi connectivity index (χ1v) is 6.43. The number of sulfonamides is 1. The van der Waals surface area contributed by atoms with Gasteiger partial charge in [0.05, 0.1) is 18.1 Å². The summed E-state index contributed by atoms with van der Waals surface area (Å²) in [6.45, 7) is 4.39. The Labute approximate surface area is 85.8 Å². The molecule has 0 bridgehead atoms. The number of nitrogens with two attached hydrogens (primary N) is 1. The normalized spacial score (nSPS) is 13.1. The van der Waals surface area contributed by atoms with Gasteiger partial charge in [0, 0.05) is 13.0 Å². The molecule has 0 aliphatic rings. The molecule has 0 aliphatic heterocycles. The van der Waals surface area contributed by atoms with E-state index in [-0.39, 0.29) is 12.3 Å². The summed E-state index contributed by atoms with van der Waals surface area (Å²) in [6.07, 6.45) is 1.65. The second-order valence-electron chi connectivity index (χ2n) is 2.94. The summed E-state index contributed by atoms with van der Waals surface area (Å²) in [5.74, 6) is 0.532. The van der Waals surface area contributed by atoms with Gasteiger partial charge in [0.1, 0.15) is 0 Å². The molecule has 0 saturated carbocycles. The van der Waals surface area contributed by atoms with E-state index < -0.39 is 10.0 Å². The molecule has 0 fully saturated rings. The van der Waals surface area contributed by atoms with Crippen molar-refractivity contribution < 1.29 is 8.42 Å². The van der Waals surface area contributed by atoms with E-state index in [2.05, 4.69) is 9.71 Å². The second-order valence-corrected chi connectivity index (χ2v) is 4.87. The van der Waals surface area contributed by atoms with Crippen LogP contribution in [0, 0.1) is 0 Å². The van der Waals surface area contributed by atoms with Gasteiger partial charge in [0.2, 0.25) is 10.0 Å². The Hall–Kier alpha value is -0.620. The summed E-state index contributed by atoms with van der Waals surface area (Å²) in [4.78, 5) is 3.96. The van der Waals surface area contributed by atoms with Crippen molar-refractivity contribution in [3.05, 3.63) is 0 Å². The first-order valence-electron chi connectivity index (χ1n) is 4.78. The van der Waals surface area contributed by atoms with Crippen molar-refractivity contribution in [2.24, 2.45) is 10.7 Å². The molecule has 5 nitrogen and oxygen atoms in total. The lowest BCUT2D eigenvalue weighted by Gasteiger charge is -2.02. The number of hydrogen-bond acceptors (Lipinski definition) is 3. The Morgan fingerprint density at radius 3 is 2.57 bits per heavy atom. The summed E-state index contributed by atoms with van der Waals surface area (Å²) in [5.41, 5.74) is 5.52. The molecule has 0 atom stereocenters. The Balaban J connectivity index is 3.89. The van der Waals surface area contributed by atoms with Crippen LogP contribution in [0.15, 0.2) is 4.99 Å². The van der Waals surface area contributed by atoms with Crippen molar-refractivity contribution in [3.63, 3.8) is 0 Å². The molecule has 0 aromatic rings. The van der Waals surface area contributed by atoms with Crippen LogP contribution in [-0.2, 0) is 10.0 Å². The van der Waals surface area contributed by atoms with Gasteiger partial charge in [0.25, 0.3) is 0 Å². The van der Waals surface area contributed by atoms with E-state index in [1.807, 2.05) is 6.92 Å². The summed E-state index contributed by atoms with van der Waals surface area (Å²) < 4.78 is 24.7. The number of rotatable bonds is 7. The third kappa shape index (κ3) is 6.85. The average Bonchev–Trinajstić information content (AvgIpc) is 2.03. The molecule has 0 heterocycles. The van der Waals surface area contributed by atoms with Gasteiger partial charge in [-0.2, -0.15) is 0 Å². The molecule has 14 heavy (non-hydrogen) atoms. The average molecular weight is 221 g/mol. The van der Waals surface area contributed by atoms with Gasteiger partial charge in [-0.05, 0) is 6.42 Å². The third-order valence-corrected chi connectivity index (χ3v) is 2.99. The van der Waals surface area contributed by atoms with Crippen LogP contribution in [0.4, 0.5) is 0 Å². The lowest BCUT2D eigenvalue weighted by atomic mass is 10.3. The van der Waals surface area contributed by atoms with Crippen molar-refractivity contribution in [3.8, 4) is 0 Å². The van der Waals surface area contributed by atoms with Crippen LogP contribution in [-0.4, -0.2) is 33.1 Å². The number of amidine groups is 1. The SMILES string of the molecule is CCCC(N)=NCCS(=O)(=O)NCC. The van der Waals surface area contributed by atoms with E-state index >= 15 is 0 Å². The maximum Gasteiger partial charge on any atom is 0.213 e. The zero-order valence-electron chi connectivity index (χ0n) is 8.78. The fraction of sp³-hybridized carbons (Fsp3) is 0.875. The van der Waals surface area contributed by atoms with Gasteiger partial charge in [0.15, 0.2) is 0 Å². The Bertz CT molecular complexity index is 272. The molecule has 0 aliphatic carbocycles. The minimum Gasteiger partial charge on any atom is -0.387 e. The predicted molar refractivity (Wildman–Crippen MR) is 58.9 cm³/mol. The van der Waals surface area contributed by atoms with Crippen LogP contribution >= 0.6 is 0 Å². The molecular weight excluding hydrogens is 202 g/mol. The molecule has 0 saturated heterocycles. The van der Waals surface area contributed by atoms with Gasteiger partial charge < -0.3 is 5.73 Å². The monoisotopic (exact) mass is 221 g/mol. The van der Waals surface area contributed by atoms with Gasteiger partial charge in [-0.15, -0.1) is 0 Å². The van der Waals surface area contributed by atoms with Crippen LogP contribution in [0.1, 0.15) is 26.7 Å². The van der Waals surface area contributed by atoms with Gasteiger partial charge in [-0.1, -0.05) is 13.8 Å². The van der Waals surface area contributed by atoms with Crippen molar-refractivity contribution in [1.29, 1.82) is 0 Å². The number of hydrogen-bond donors (Lipinski definition) is 2. The topological polar surface area (TPSA) is 84.5 Å². The number of nitrogens with zero attached hydrogens (tertiary/aromatic N) is 1. The largest absolute Gasteiger partial charge is 0.387 e. The van der Waals surface area contributed by atoms with E-state index in [0.29, 0.717) is 12.4 Å². The van der Waals surface area contributed by atoms with Crippen LogP contribution in [0.2, 0.25) is 0 Å². The predicted octanol–water partition coefficient (Wildman–Crippen LogP) is 0.0830. The molecule has 84 valence electrons. The molecule has 0 spiro atoms. The highest BCUT2D eigenvalue weighted by atomic mass is 32.2. The van der Waals surface area contributed by atoms with Crippen LogP contribution in [0.25, 0.3) is 0 Å². The summed E-state index contributed by atoms with van der Waals surface area (Å²) in [6, 6.07) is 0. The standard InChI is InChI=1S/C8H19N3O2S/c1-3-5-8(9)10-6-7-14(12,13)11-4-2/h11H,3-7H2,1-2H3,(H2,9,10). The quantitative estimate of drug-likeness (QED) is 0.472. The van der Waals surface area contributed by atoms with Gasteiger partial charge in [-0.25, -0.2) is 13.1 Å². The van der Waals surface area contributed by atoms with Crippen molar-refractivity contribution >= 4 is 15.9 Å². The molecular formula is C8H19N3O2S. The molecule has 0 rings (SSSR count). The maximum atomic E-state index is 11.1. The fourth-order valence-corrected chi connectivity index (χ4v) is 1.85. The molecule has 0 radical (unpaired) electrons. The molecule has 6 heteroatoms. The molecule has 0 unspecified atom stereocenters. The highest BCUT2D eigenvalue weighted by Gasteiger charge is 2.06. The van der Waals surface area contributed by atoms with Gasteiger partial charge in [-0.3, -0.25) is 4.99 Å². The van der Waals surface area contributed by atoms with Crippen molar-refractivity contribution in [2.45, 2.75) is 26.7 Å². The molecule has 0 amide bonds. The highest BCUT2D eigenvalue weighted by molar-refractivity contribution is 7.89. The van der Waals surface area contributed by atoms with Gasteiger partial charge >= 0.3 is 0 Å². The van der Waals surface area contributed by atoms with Crippen molar-refractivity contribution in [1.82, 2.24) is 4.72 Å². The van der Waals surface area contributed by atoms with Crippen molar-refractivity contribution in [2.75, 3.05) is 18.8 Å². The Morgan fingerprint density at radius 2 is 2.07 bits per heavy atom. The first-order chi connectivity index (χ1) is 6.52. The Kier molecular flexibility index (Phi) is 6.48. The van der Waals surface area contributed by atoms with Crippen LogP contribution in [0.3, 0.4) is 0 Å². The third-order valence-electron chi connectivity index (χ3n) is 1.55. The minimum absolute atomic E-state index is 0.00521. The zero-order valence-corrected chi connectivity index (χ0v) is 9.60. The second kappa shape index (κ2) is 6.78. The van der Waals surface area contributed by atoms with E-state index in [0.717, 1.165) is 12.8 Å². The molecule has 0 aromatic carbocycles. The van der Waals surface area contributed by atoms with Crippen LogP contribution in [0.5, 0.6) is 0 Å². The summed E-state index contributed by atoms with van der Waals surface area (Å²) in [5, 5.41) is 0. The summed E-state index contributed by atoms with van der Waals surface area (Å²) in [7, 11) is -3.15.